The molecule has 0 amide bonds. The number of nitrogens with zero attached hydrogens (tertiary/aromatic N) is 1. The lowest BCUT2D eigenvalue weighted by molar-refractivity contribution is -0.0482. The van der Waals surface area contributed by atoms with Gasteiger partial charge in [-0.3, -0.25) is 23.4 Å². The lowest BCUT2D eigenvalue weighted by Crippen LogP contribution is -2.40. The lowest BCUT2D eigenvalue weighted by atomic mass is 10.2. The topological polar surface area (TPSA) is 120 Å². The number of hydrogen-bond acceptors (Lipinski definition) is 6. The van der Waals surface area contributed by atoms with Crippen LogP contribution in [0.25, 0.3) is 0 Å². The highest BCUT2D eigenvalue weighted by Gasteiger charge is 2.45. The van der Waals surface area contributed by atoms with Gasteiger partial charge in [-0.25, -0.2) is 4.79 Å². The number of aromatic nitrogens is 2. The molecular weight excluding hydrogens is 351 g/mol. The van der Waals surface area contributed by atoms with Crippen molar-refractivity contribution in [1.29, 1.82) is 0 Å². The van der Waals surface area contributed by atoms with Crippen molar-refractivity contribution in [3.05, 3.63) is 32.6 Å². The van der Waals surface area contributed by atoms with E-state index in [1.165, 1.54) is 6.20 Å². The molecule has 2 N–H and O–H groups in total. The molecule has 0 aliphatic carbocycles. The third-order valence-corrected chi connectivity index (χ3v) is 5.72. The Bertz CT molecular complexity index is 770. The van der Waals surface area contributed by atoms with E-state index in [2.05, 4.69) is 4.98 Å². The molecule has 0 bridgehead atoms. The molecule has 0 aromatic carbocycles. The SMILES string of the molecule is Cc1cn([C@@H]2OC[C@@H](OC(C)C)C2OP(=O)(O)C(C)C)c(=O)[nH]c1=O. The Labute approximate surface area is 145 Å². The predicted octanol–water partition coefficient (Wildman–Crippen LogP) is 1.15. The Morgan fingerprint density at radius 1 is 1.36 bits per heavy atom. The highest BCUT2D eigenvalue weighted by molar-refractivity contribution is 7.53. The monoisotopic (exact) mass is 376 g/mol. The van der Waals surface area contributed by atoms with Gasteiger partial charge in [-0.15, -0.1) is 0 Å². The average molecular weight is 376 g/mol. The second-order valence-corrected chi connectivity index (χ2v) is 9.03. The van der Waals surface area contributed by atoms with Gasteiger partial charge in [0.25, 0.3) is 5.56 Å². The van der Waals surface area contributed by atoms with Crippen LogP contribution in [0, 0.1) is 6.92 Å². The number of aromatic amines is 1. The molecule has 0 radical (unpaired) electrons. The molecule has 1 saturated heterocycles. The summed E-state index contributed by atoms with van der Waals surface area (Å²) in [5.74, 6) is 0. The van der Waals surface area contributed by atoms with Gasteiger partial charge in [0, 0.05) is 11.8 Å². The standard InChI is InChI=1S/C15H25N2O7P/c1-8(2)23-11-7-22-14(12(11)24-25(20,21)9(3)4)17-6-10(5)13(18)16-15(17)19/h6,8-9,11-12,14H,7H2,1-5H3,(H,20,21)(H,16,18,19)/t11-,12?,14-/m1/s1. The summed E-state index contributed by atoms with van der Waals surface area (Å²) in [6.07, 6.45) is -1.39. The first kappa shape index (κ1) is 20.1. The van der Waals surface area contributed by atoms with E-state index >= 15 is 0 Å². The smallest absolute Gasteiger partial charge is 0.331 e. The Kier molecular flexibility index (Phi) is 6.06. The molecular formula is C15H25N2O7P. The minimum atomic E-state index is -3.94. The zero-order chi connectivity index (χ0) is 18.9. The summed E-state index contributed by atoms with van der Waals surface area (Å²) in [5.41, 5.74) is -1.49. The van der Waals surface area contributed by atoms with Gasteiger partial charge in [-0.1, -0.05) is 13.8 Å². The molecule has 10 heteroatoms. The lowest BCUT2D eigenvalue weighted by Gasteiger charge is -2.28. The van der Waals surface area contributed by atoms with Crippen LogP contribution in [0.4, 0.5) is 0 Å². The molecule has 0 saturated carbocycles. The second-order valence-electron chi connectivity index (χ2n) is 6.65. The van der Waals surface area contributed by atoms with Gasteiger partial charge in [0.1, 0.15) is 12.2 Å². The summed E-state index contributed by atoms with van der Waals surface area (Å²) in [5, 5.41) is 0. The van der Waals surface area contributed by atoms with E-state index in [0.717, 1.165) is 4.57 Å². The van der Waals surface area contributed by atoms with Crippen molar-refractivity contribution < 1.29 is 23.5 Å². The first-order valence-electron chi connectivity index (χ1n) is 8.13. The van der Waals surface area contributed by atoms with Crippen molar-refractivity contribution in [2.24, 2.45) is 0 Å². The van der Waals surface area contributed by atoms with Crippen molar-refractivity contribution in [1.82, 2.24) is 9.55 Å². The molecule has 9 nitrogen and oxygen atoms in total. The maximum Gasteiger partial charge on any atom is 0.331 e. The molecule has 0 spiro atoms. The minimum Gasteiger partial charge on any atom is -0.370 e. The van der Waals surface area contributed by atoms with Crippen LogP contribution < -0.4 is 11.2 Å². The van der Waals surface area contributed by atoms with Gasteiger partial charge in [-0.05, 0) is 20.8 Å². The van der Waals surface area contributed by atoms with Crippen LogP contribution in [0.2, 0.25) is 0 Å². The Morgan fingerprint density at radius 2 is 2.00 bits per heavy atom. The van der Waals surface area contributed by atoms with E-state index in [0.29, 0.717) is 5.56 Å². The van der Waals surface area contributed by atoms with E-state index in [-0.39, 0.29) is 12.7 Å². The summed E-state index contributed by atoms with van der Waals surface area (Å²) in [7, 11) is -3.94. The van der Waals surface area contributed by atoms with Gasteiger partial charge < -0.3 is 14.4 Å². The third kappa shape index (κ3) is 4.48. The number of aryl methyl sites for hydroxylation is 1. The van der Waals surface area contributed by atoms with E-state index in [1.54, 1.807) is 20.8 Å². The van der Waals surface area contributed by atoms with E-state index < -0.39 is 42.9 Å². The van der Waals surface area contributed by atoms with Crippen LogP contribution in [-0.2, 0) is 18.6 Å². The fraction of sp³-hybridized carbons (Fsp3) is 0.733. The van der Waals surface area contributed by atoms with Gasteiger partial charge in [-0.2, -0.15) is 0 Å². The van der Waals surface area contributed by atoms with Gasteiger partial charge in [0.2, 0.25) is 0 Å². The maximum atomic E-state index is 12.4. The molecule has 2 heterocycles. The van der Waals surface area contributed by atoms with Crippen molar-refractivity contribution in [2.45, 2.75) is 64.8 Å². The van der Waals surface area contributed by atoms with Crippen molar-refractivity contribution in [3.8, 4) is 0 Å². The Morgan fingerprint density at radius 3 is 2.56 bits per heavy atom. The average Bonchev–Trinajstić information content (AvgIpc) is 2.84. The van der Waals surface area contributed by atoms with Crippen molar-refractivity contribution in [3.63, 3.8) is 0 Å². The fourth-order valence-corrected chi connectivity index (χ4v) is 3.29. The van der Waals surface area contributed by atoms with Crippen molar-refractivity contribution in [2.75, 3.05) is 6.61 Å². The fourth-order valence-electron chi connectivity index (χ4n) is 2.46. The zero-order valence-corrected chi connectivity index (χ0v) is 15.9. The van der Waals surface area contributed by atoms with Crippen LogP contribution in [0.1, 0.15) is 39.5 Å². The summed E-state index contributed by atoms with van der Waals surface area (Å²) in [6.45, 7) is 8.42. The van der Waals surface area contributed by atoms with E-state index in [1.807, 2.05) is 13.8 Å². The maximum absolute atomic E-state index is 12.4. The van der Waals surface area contributed by atoms with E-state index in [4.69, 9.17) is 14.0 Å². The normalized spacial score (nSPS) is 26.3. The number of rotatable bonds is 6. The van der Waals surface area contributed by atoms with Crippen LogP contribution in [0.3, 0.4) is 0 Å². The highest BCUT2D eigenvalue weighted by Crippen LogP contribution is 2.51. The molecule has 1 aliphatic heterocycles. The van der Waals surface area contributed by atoms with Crippen LogP contribution in [0.15, 0.2) is 15.8 Å². The number of ether oxygens (including phenoxy) is 2. The molecule has 2 unspecified atom stereocenters. The van der Waals surface area contributed by atoms with Gasteiger partial charge in [0.05, 0.1) is 18.4 Å². The first-order valence-corrected chi connectivity index (χ1v) is 9.77. The van der Waals surface area contributed by atoms with Crippen LogP contribution in [-0.4, -0.2) is 45.0 Å². The van der Waals surface area contributed by atoms with Crippen LogP contribution in [0.5, 0.6) is 0 Å². The largest absolute Gasteiger partial charge is 0.370 e. The van der Waals surface area contributed by atoms with E-state index in [9.17, 15) is 19.0 Å². The van der Waals surface area contributed by atoms with Crippen LogP contribution >= 0.6 is 7.60 Å². The third-order valence-electron chi connectivity index (χ3n) is 3.87. The van der Waals surface area contributed by atoms with Gasteiger partial charge in [0.15, 0.2) is 6.23 Å². The molecule has 1 aliphatic rings. The van der Waals surface area contributed by atoms with Gasteiger partial charge >= 0.3 is 13.3 Å². The summed E-state index contributed by atoms with van der Waals surface area (Å²) >= 11 is 0. The molecule has 25 heavy (non-hydrogen) atoms. The summed E-state index contributed by atoms with van der Waals surface area (Å²) < 4.78 is 30.3. The number of H-pyrrole nitrogens is 1. The Hall–Kier alpha value is -1.25. The molecule has 1 fully saturated rings. The molecule has 1 aromatic heterocycles. The first-order chi connectivity index (χ1) is 11.5. The Balaban J connectivity index is 2.42. The molecule has 2 rings (SSSR count). The molecule has 142 valence electrons. The summed E-state index contributed by atoms with van der Waals surface area (Å²) in [6, 6.07) is 0. The number of hydrogen-bond donors (Lipinski definition) is 2. The zero-order valence-electron chi connectivity index (χ0n) is 15.0. The number of nitrogens with one attached hydrogen (secondary N) is 1. The predicted molar refractivity (Wildman–Crippen MR) is 90.9 cm³/mol. The van der Waals surface area contributed by atoms with Crippen molar-refractivity contribution >= 4 is 7.60 Å². The summed E-state index contributed by atoms with van der Waals surface area (Å²) in [4.78, 5) is 36.0. The molecule has 1 aromatic rings. The minimum absolute atomic E-state index is 0.0935. The molecule has 4 atom stereocenters. The second kappa shape index (κ2) is 7.55. The highest BCUT2D eigenvalue weighted by atomic mass is 31.2. The quantitative estimate of drug-likeness (QED) is 0.715.